The van der Waals surface area contributed by atoms with E-state index in [4.69, 9.17) is 11.6 Å². The zero-order valence-electron chi connectivity index (χ0n) is 14.2. The second-order valence-corrected chi connectivity index (χ2v) is 6.49. The molecule has 1 N–H and O–H groups in total. The first-order valence-electron chi connectivity index (χ1n) is 8.36. The van der Waals surface area contributed by atoms with E-state index in [-0.39, 0.29) is 5.56 Å². The largest absolute Gasteiger partial charge is 0.283 e. The third-order valence-corrected chi connectivity index (χ3v) is 4.59. The summed E-state index contributed by atoms with van der Waals surface area (Å²) in [4.78, 5) is 16.9. The lowest BCUT2D eigenvalue weighted by atomic mass is 10.0. The first-order valence-corrected chi connectivity index (χ1v) is 8.74. The highest BCUT2D eigenvalue weighted by molar-refractivity contribution is 6.30. The van der Waals surface area contributed by atoms with Crippen molar-refractivity contribution in [3.05, 3.63) is 95.6 Å². The average Bonchev–Trinajstić information content (AvgIpc) is 2.73. The Kier molecular flexibility index (Phi) is 4.59. The lowest BCUT2D eigenvalue weighted by Gasteiger charge is -2.15. The maximum atomic E-state index is 12.5. The number of carbonyl (C=O) groups excluding carboxylic acids is 1. The SMILES string of the molecule is O=C(c1ccc(-c2cccc3ccccc23)nc1)N(O)c1ccc(Cl)cc1. The molecule has 0 aliphatic heterocycles. The number of fused-ring (bicyclic) bond motifs is 1. The van der Waals surface area contributed by atoms with E-state index < -0.39 is 5.91 Å². The summed E-state index contributed by atoms with van der Waals surface area (Å²) in [5, 5.41) is 13.5. The van der Waals surface area contributed by atoms with Crippen LogP contribution >= 0.6 is 11.6 Å². The number of carbonyl (C=O) groups is 1. The molecule has 0 bridgehead atoms. The number of hydroxylamine groups is 1. The molecule has 0 aliphatic rings. The minimum atomic E-state index is -0.561. The Morgan fingerprint density at radius 2 is 1.63 bits per heavy atom. The number of nitrogens with zero attached hydrogens (tertiary/aromatic N) is 2. The van der Waals surface area contributed by atoms with Crippen LogP contribution in [0.15, 0.2) is 85.1 Å². The predicted octanol–water partition coefficient (Wildman–Crippen LogP) is 5.59. The third kappa shape index (κ3) is 3.40. The molecule has 132 valence electrons. The number of amides is 1. The van der Waals surface area contributed by atoms with Gasteiger partial charge in [0.1, 0.15) is 0 Å². The summed E-state index contributed by atoms with van der Waals surface area (Å²) >= 11 is 5.83. The molecule has 1 aromatic heterocycles. The van der Waals surface area contributed by atoms with Crippen molar-refractivity contribution in [1.29, 1.82) is 0 Å². The molecular weight excluding hydrogens is 360 g/mol. The summed E-state index contributed by atoms with van der Waals surface area (Å²) < 4.78 is 0. The number of benzene rings is 3. The molecular formula is C22H15ClN2O2. The number of hydrogen-bond acceptors (Lipinski definition) is 3. The third-order valence-electron chi connectivity index (χ3n) is 4.34. The van der Waals surface area contributed by atoms with Gasteiger partial charge in [-0.05, 0) is 47.2 Å². The van der Waals surface area contributed by atoms with Gasteiger partial charge in [-0.1, -0.05) is 54.1 Å². The van der Waals surface area contributed by atoms with Gasteiger partial charge in [-0.2, -0.15) is 5.06 Å². The Bertz CT molecular complexity index is 1100. The normalized spacial score (nSPS) is 10.7. The van der Waals surface area contributed by atoms with Crippen molar-refractivity contribution >= 4 is 34.0 Å². The standard InChI is InChI=1S/C22H15ClN2O2/c23-17-9-11-18(12-10-17)25(27)22(26)16-8-13-21(24-14-16)20-7-3-5-15-4-1-2-6-19(15)20/h1-14,27H. The smallest absolute Gasteiger partial charge is 0.281 e. The highest BCUT2D eigenvalue weighted by Gasteiger charge is 2.16. The van der Waals surface area contributed by atoms with E-state index in [2.05, 4.69) is 4.98 Å². The molecule has 27 heavy (non-hydrogen) atoms. The quantitative estimate of drug-likeness (QED) is 0.375. The minimum absolute atomic E-state index is 0.288. The van der Waals surface area contributed by atoms with Crippen molar-refractivity contribution in [1.82, 2.24) is 4.98 Å². The molecule has 0 saturated carbocycles. The number of pyridine rings is 1. The van der Waals surface area contributed by atoms with Gasteiger partial charge in [0.15, 0.2) is 0 Å². The average molecular weight is 375 g/mol. The molecule has 5 heteroatoms. The highest BCUT2D eigenvalue weighted by Crippen LogP contribution is 2.27. The molecule has 1 heterocycles. The van der Waals surface area contributed by atoms with Crippen molar-refractivity contribution in [3.63, 3.8) is 0 Å². The van der Waals surface area contributed by atoms with E-state index >= 15 is 0 Å². The van der Waals surface area contributed by atoms with E-state index in [0.717, 1.165) is 22.0 Å². The van der Waals surface area contributed by atoms with Crippen molar-refractivity contribution in [3.8, 4) is 11.3 Å². The van der Waals surface area contributed by atoms with Gasteiger partial charge in [-0.3, -0.25) is 15.0 Å². The topological polar surface area (TPSA) is 53.4 Å². The van der Waals surface area contributed by atoms with Gasteiger partial charge in [-0.25, -0.2) is 0 Å². The lowest BCUT2D eigenvalue weighted by Crippen LogP contribution is -2.27. The van der Waals surface area contributed by atoms with Gasteiger partial charge in [0, 0.05) is 16.8 Å². The van der Waals surface area contributed by atoms with E-state index in [1.165, 1.54) is 6.20 Å². The van der Waals surface area contributed by atoms with Crippen LogP contribution in [0.4, 0.5) is 5.69 Å². The van der Waals surface area contributed by atoms with Crippen LogP contribution in [0.25, 0.3) is 22.0 Å². The first kappa shape index (κ1) is 17.2. The summed E-state index contributed by atoms with van der Waals surface area (Å²) in [7, 11) is 0. The van der Waals surface area contributed by atoms with Crippen LogP contribution < -0.4 is 5.06 Å². The Labute approximate surface area is 161 Å². The number of rotatable bonds is 3. The molecule has 0 aliphatic carbocycles. The van der Waals surface area contributed by atoms with Crippen molar-refractivity contribution in [2.75, 3.05) is 5.06 Å². The molecule has 0 radical (unpaired) electrons. The molecule has 0 saturated heterocycles. The zero-order chi connectivity index (χ0) is 18.8. The van der Waals surface area contributed by atoms with Crippen LogP contribution in [0, 0.1) is 0 Å². The predicted molar refractivity (Wildman–Crippen MR) is 107 cm³/mol. The van der Waals surface area contributed by atoms with Gasteiger partial charge in [0.25, 0.3) is 5.91 Å². The molecule has 3 aromatic carbocycles. The van der Waals surface area contributed by atoms with Crippen LogP contribution in [0.3, 0.4) is 0 Å². The van der Waals surface area contributed by atoms with Gasteiger partial charge in [0.2, 0.25) is 0 Å². The van der Waals surface area contributed by atoms with Gasteiger partial charge < -0.3 is 0 Å². The Morgan fingerprint density at radius 3 is 2.37 bits per heavy atom. The van der Waals surface area contributed by atoms with E-state index in [1.54, 1.807) is 36.4 Å². The second-order valence-electron chi connectivity index (χ2n) is 6.05. The summed E-state index contributed by atoms with van der Waals surface area (Å²) in [6.45, 7) is 0. The van der Waals surface area contributed by atoms with Crippen molar-refractivity contribution < 1.29 is 10.0 Å². The molecule has 4 nitrogen and oxygen atoms in total. The Morgan fingerprint density at radius 1 is 0.889 bits per heavy atom. The lowest BCUT2D eigenvalue weighted by molar-refractivity contribution is 0.0854. The number of aromatic nitrogens is 1. The fourth-order valence-corrected chi connectivity index (χ4v) is 3.08. The molecule has 4 aromatic rings. The highest BCUT2D eigenvalue weighted by atomic mass is 35.5. The molecule has 0 atom stereocenters. The summed E-state index contributed by atoms with van der Waals surface area (Å²) in [5.74, 6) is -0.561. The van der Waals surface area contributed by atoms with Crippen LogP contribution in [0.5, 0.6) is 0 Å². The van der Waals surface area contributed by atoms with Crippen molar-refractivity contribution in [2.45, 2.75) is 0 Å². The fraction of sp³-hybridized carbons (Fsp3) is 0. The molecule has 0 spiro atoms. The molecule has 0 unspecified atom stereocenters. The molecule has 0 fully saturated rings. The van der Waals surface area contributed by atoms with Crippen molar-refractivity contribution in [2.24, 2.45) is 0 Å². The maximum absolute atomic E-state index is 12.5. The Hall–Kier alpha value is -3.21. The van der Waals surface area contributed by atoms with Gasteiger partial charge in [-0.15, -0.1) is 0 Å². The van der Waals surface area contributed by atoms with E-state index in [1.807, 2.05) is 42.5 Å². The maximum Gasteiger partial charge on any atom is 0.283 e. The van der Waals surface area contributed by atoms with Crippen LogP contribution in [0.1, 0.15) is 10.4 Å². The summed E-state index contributed by atoms with van der Waals surface area (Å²) in [6, 6.07) is 23.9. The van der Waals surface area contributed by atoms with Crippen LogP contribution in [-0.4, -0.2) is 16.1 Å². The Balaban J connectivity index is 1.63. The summed E-state index contributed by atoms with van der Waals surface area (Å²) in [5.41, 5.74) is 2.38. The van der Waals surface area contributed by atoms with Gasteiger partial charge >= 0.3 is 0 Å². The fourth-order valence-electron chi connectivity index (χ4n) is 2.95. The monoisotopic (exact) mass is 374 g/mol. The summed E-state index contributed by atoms with van der Waals surface area (Å²) in [6.07, 6.45) is 1.47. The van der Waals surface area contributed by atoms with Crippen LogP contribution in [-0.2, 0) is 0 Å². The first-order chi connectivity index (χ1) is 13.1. The number of anilines is 1. The molecule has 1 amide bonds. The van der Waals surface area contributed by atoms with Gasteiger partial charge in [0.05, 0.1) is 16.9 Å². The van der Waals surface area contributed by atoms with E-state index in [0.29, 0.717) is 15.8 Å². The minimum Gasteiger partial charge on any atom is -0.281 e. The van der Waals surface area contributed by atoms with E-state index in [9.17, 15) is 10.0 Å². The second kappa shape index (κ2) is 7.19. The number of halogens is 1. The van der Waals surface area contributed by atoms with Crippen LogP contribution in [0.2, 0.25) is 5.02 Å². The molecule has 4 rings (SSSR count). The number of hydrogen-bond donors (Lipinski definition) is 1. The zero-order valence-corrected chi connectivity index (χ0v) is 15.0.